The molecule has 0 saturated heterocycles. The van der Waals surface area contributed by atoms with Gasteiger partial charge in [-0.15, -0.1) is 0 Å². The van der Waals surface area contributed by atoms with Crippen LogP contribution in [0.15, 0.2) is 30.3 Å². The van der Waals surface area contributed by atoms with Crippen LogP contribution in [0.3, 0.4) is 0 Å². The molecule has 1 saturated carbocycles. The van der Waals surface area contributed by atoms with E-state index in [1.807, 2.05) is 30.3 Å². The van der Waals surface area contributed by atoms with Gasteiger partial charge in [-0.3, -0.25) is 4.79 Å². The highest BCUT2D eigenvalue weighted by molar-refractivity contribution is 5.91. The Balaban J connectivity index is 1.85. The molecule has 0 aliphatic heterocycles. The molecule has 0 unspecified atom stereocenters. The smallest absolute Gasteiger partial charge is 0.315 e. The zero-order chi connectivity index (χ0) is 17.3. The lowest BCUT2D eigenvalue weighted by Gasteiger charge is -2.29. The summed E-state index contributed by atoms with van der Waals surface area (Å²) in [5, 5.41) is 8.69. The monoisotopic (exact) mass is 332 g/mol. The third kappa shape index (κ3) is 5.23. The fourth-order valence-corrected chi connectivity index (χ4v) is 3.07. The van der Waals surface area contributed by atoms with E-state index in [0.29, 0.717) is 32.5 Å². The molecule has 1 aromatic rings. The Kier molecular flexibility index (Phi) is 7.06. The molecule has 0 aromatic heterocycles. The van der Waals surface area contributed by atoms with Gasteiger partial charge in [0, 0.05) is 13.1 Å². The number of unbranched alkanes of at least 4 members (excludes halogenated alkanes) is 1. The summed E-state index contributed by atoms with van der Waals surface area (Å²) in [5.41, 5.74) is 5.72. The third-order valence-electron chi connectivity index (χ3n) is 4.46. The number of rotatable bonds is 8. The molecule has 6 heteroatoms. The Morgan fingerprint density at radius 2 is 1.75 bits per heavy atom. The van der Waals surface area contributed by atoms with Crippen LogP contribution in [-0.4, -0.2) is 30.6 Å². The number of carbonyl (C=O) groups is 2. The van der Waals surface area contributed by atoms with Crippen molar-refractivity contribution in [2.75, 3.05) is 13.1 Å². The maximum absolute atomic E-state index is 12.6. The summed E-state index contributed by atoms with van der Waals surface area (Å²) in [4.78, 5) is 24.8. The maximum atomic E-state index is 12.6. The molecule has 0 bridgehead atoms. The molecule has 1 aliphatic rings. The van der Waals surface area contributed by atoms with Crippen molar-refractivity contribution in [2.45, 2.75) is 50.6 Å². The Morgan fingerprint density at radius 3 is 2.42 bits per heavy atom. The number of carbonyl (C=O) groups excluding carboxylic acids is 2. The van der Waals surface area contributed by atoms with Crippen LogP contribution in [0.25, 0.3) is 0 Å². The fraction of sp³-hybridized carbons (Fsp3) is 0.556. The molecule has 1 aliphatic carbocycles. The molecule has 24 heavy (non-hydrogen) atoms. The van der Waals surface area contributed by atoms with Gasteiger partial charge in [0.15, 0.2) is 0 Å². The molecule has 1 aromatic carbocycles. The number of benzene rings is 1. The highest BCUT2D eigenvalue weighted by Crippen LogP contribution is 2.29. The average Bonchev–Trinajstić information content (AvgIpc) is 3.07. The van der Waals surface area contributed by atoms with Gasteiger partial charge in [0.1, 0.15) is 5.54 Å². The number of amides is 3. The van der Waals surface area contributed by atoms with Crippen LogP contribution >= 0.6 is 0 Å². The summed E-state index contributed by atoms with van der Waals surface area (Å²) >= 11 is 0. The molecule has 132 valence electrons. The summed E-state index contributed by atoms with van der Waals surface area (Å²) in [6, 6.07) is 9.42. The van der Waals surface area contributed by atoms with E-state index in [9.17, 15) is 9.59 Å². The molecule has 0 atom stereocenters. The van der Waals surface area contributed by atoms with Gasteiger partial charge >= 0.3 is 6.03 Å². The van der Waals surface area contributed by atoms with Crippen LogP contribution in [-0.2, 0) is 11.3 Å². The molecule has 5 N–H and O–H groups in total. The molecule has 0 heterocycles. The van der Waals surface area contributed by atoms with Gasteiger partial charge in [0.05, 0.1) is 0 Å². The van der Waals surface area contributed by atoms with Crippen molar-refractivity contribution < 1.29 is 9.59 Å². The highest BCUT2D eigenvalue weighted by Gasteiger charge is 2.42. The summed E-state index contributed by atoms with van der Waals surface area (Å²) in [6.07, 6.45) is 5.03. The van der Waals surface area contributed by atoms with E-state index in [1.54, 1.807) is 0 Å². The SMILES string of the molecule is NCCCCNC(=O)C1(NC(=O)NCc2ccccc2)CCCC1. The molecular formula is C18H28N4O2. The van der Waals surface area contributed by atoms with Crippen molar-refractivity contribution in [3.05, 3.63) is 35.9 Å². The maximum Gasteiger partial charge on any atom is 0.315 e. The predicted octanol–water partition coefficient (Wildman–Crippen LogP) is 1.65. The van der Waals surface area contributed by atoms with Gasteiger partial charge in [-0.2, -0.15) is 0 Å². The van der Waals surface area contributed by atoms with E-state index < -0.39 is 5.54 Å². The first kappa shape index (κ1) is 18.3. The average molecular weight is 332 g/mol. The Bertz CT molecular complexity index is 527. The van der Waals surface area contributed by atoms with E-state index in [-0.39, 0.29) is 11.9 Å². The Morgan fingerprint density at radius 1 is 1.04 bits per heavy atom. The number of hydrogen-bond donors (Lipinski definition) is 4. The quantitative estimate of drug-likeness (QED) is 0.545. The summed E-state index contributed by atoms with van der Waals surface area (Å²) < 4.78 is 0. The lowest BCUT2D eigenvalue weighted by molar-refractivity contribution is -0.127. The van der Waals surface area contributed by atoms with Gasteiger partial charge in [0.2, 0.25) is 5.91 Å². The first-order valence-corrected chi connectivity index (χ1v) is 8.74. The van der Waals surface area contributed by atoms with E-state index in [2.05, 4.69) is 16.0 Å². The minimum Gasteiger partial charge on any atom is -0.354 e. The molecule has 3 amide bonds. The molecule has 1 fully saturated rings. The minimum atomic E-state index is -0.774. The lowest BCUT2D eigenvalue weighted by Crippen LogP contribution is -2.59. The van der Waals surface area contributed by atoms with Gasteiger partial charge in [-0.25, -0.2) is 4.79 Å². The first-order chi connectivity index (χ1) is 11.7. The van der Waals surface area contributed by atoms with Crippen LogP contribution in [0.5, 0.6) is 0 Å². The zero-order valence-corrected chi connectivity index (χ0v) is 14.1. The second-order valence-corrected chi connectivity index (χ2v) is 6.33. The summed E-state index contributed by atoms with van der Waals surface area (Å²) in [6.45, 7) is 1.67. The van der Waals surface area contributed by atoms with Gasteiger partial charge in [0.25, 0.3) is 0 Å². The molecule has 0 spiro atoms. The lowest BCUT2D eigenvalue weighted by atomic mass is 9.96. The number of hydrogen-bond acceptors (Lipinski definition) is 3. The van der Waals surface area contributed by atoms with Gasteiger partial charge in [-0.1, -0.05) is 43.2 Å². The fourth-order valence-electron chi connectivity index (χ4n) is 3.07. The van der Waals surface area contributed by atoms with Crippen LogP contribution in [0.2, 0.25) is 0 Å². The van der Waals surface area contributed by atoms with Crippen molar-refractivity contribution >= 4 is 11.9 Å². The number of urea groups is 1. The largest absolute Gasteiger partial charge is 0.354 e. The summed E-state index contributed by atoms with van der Waals surface area (Å²) in [5.74, 6) is -0.0770. The van der Waals surface area contributed by atoms with Crippen molar-refractivity contribution in [1.29, 1.82) is 0 Å². The van der Waals surface area contributed by atoms with Crippen LogP contribution in [0.4, 0.5) is 4.79 Å². The van der Waals surface area contributed by atoms with Crippen molar-refractivity contribution in [2.24, 2.45) is 5.73 Å². The normalized spacial score (nSPS) is 15.7. The zero-order valence-electron chi connectivity index (χ0n) is 14.1. The second-order valence-electron chi connectivity index (χ2n) is 6.33. The molecule has 0 radical (unpaired) electrons. The predicted molar refractivity (Wildman–Crippen MR) is 94.3 cm³/mol. The van der Waals surface area contributed by atoms with E-state index in [0.717, 1.165) is 31.2 Å². The van der Waals surface area contributed by atoms with Crippen LogP contribution < -0.4 is 21.7 Å². The molecular weight excluding hydrogens is 304 g/mol. The number of nitrogens with one attached hydrogen (secondary N) is 3. The standard InChI is InChI=1S/C18H28N4O2/c19-12-6-7-13-20-16(23)18(10-4-5-11-18)22-17(24)21-14-15-8-2-1-3-9-15/h1-3,8-9H,4-7,10-14,19H2,(H,20,23)(H2,21,22,24). The van der Waals surface area contributed by atoms with Gasteiger partial charge < -0.3 is 21.7 Å². The first-order valence-electron chi connectivity index (χ1n) is 8.74. The van der Waals surface area contributed by atoms with Crippen LogP contribution in [0, 0.1) is 0 Å². The van der Waals surface area contributed by atoms with E-state index in [1.165, 1.54) is 0 Å². The Hall–Kier alpha value is -2.08. The Labute approximate surface area is 143 Å². The van der Waals surface area contributed by atoms with Crippen molar-refractivity contribution in [3.8, 4) is 0 Å². The molecule has 2 rings (SSSR count). The minimum absolute atomic E-state index is 0.0770. The van der Waals surface area contributed by atoms with Crippen LogP contribution in [0.1, 0.15) is 44.1 Å². The van der Waals surface area contributed by atoms with Crippen molar-refractivity contribution in [3.63, 3.8) is 0 Å². The summed E-state index contributed by atoms with van der Waals surface area (Å²) in [7, 11) is 0. The topological polar surface area (TPSA) is 96.2 Å². The number of nitrogens with two attached hydrogens (primary N) is 1. The second kappa shape index (κ2) is 9.27. The van der Waals surface area contributed by atoms with E-state index in [4.69, 9.17) is 5.73 Å². The third-order valence-corrected chi connectivity index (χ3v) is 4.46. The van der Waals surface area contributed by atoms with E-state index >= 15 is 0 Å². The van der Waals surface area contributed by atoms with Gasteiger partial charge in [-0.05, 0) is 37.8 Å². The van der Waals surface area contributed by atoms with Crippen molar-refractivity contribution in [1.82, 2.24) is 16.0 Å². The highest BCUT2D eigenvalue weighted by atomic mass is 16.2. The molecule has 6 nitrogen and oxygen atoms in total.